The lowest BCUT2D eigenvalue weighted by molar-refractivity contribution is 0.212. The first-order valence-corrected chi connectivity index (χ1v) is 7.85. The van der Waals surface area contributed by atoms with E-state index < -0.39 is 17.7 Å². The summed E-state index contributed by atoms with van der Waals surface area (Å²) < 4.78 is 29.8. The Morgan fingerprint density at radius 3 is 2.68 bits per heavy atom. The Labute approximate surface area is 124 Å². The van der Waals surface area contributed by atoms with Crippen molar-refractivity contribution in [3.63, 3.8) is 0 Å². The second kappa shape index (κ2) is 4.94. The average Bonchev–Trinajstić information content (AvgIpc) is 2.94. The fraction of sp³-hybridized carbons (Fsp3) is 0.0769. The maximum absolute atomic E-state index is 13.9. The highest BCUT2D eigenvalue weighted by Crippen LogP contribution is 2.38. The van der Waals surface area contributed by atoms with E-state index in [1.165, 1.54) is 28.7 Å². The van der Waals surface area contributed by atoms with E-state index in [1.54, 1.807) is 6.07 Å². The number of benzene rings is 1. The van der Waals surface area contributed by atoms with Gasteiger partial charge in [0.05, 0.1) is 10.0 Å². The van der Waals surface area contributed by atoms with Crippen LogP contribution in [0.2, 0.25) is 0 Å². The van der Waals surface area contributed by atoms with Gasteiger partial charge in [-0.1, -0.05) is 0 Å². The van der Waals surface area contributed by atoms with Crippen molar-refractivity contribution in [2.75, 3.05) is 0 Å². The highest BCUT2D eigenvalue weighted by atomic mass is 79.9. The van der Waals surface area contributed by atoms with Crippen molar-refractivity contribution in [1.82, 2.24) is 0 Å². The molecule has 0 aliphatic rings. The summed E-state index contributed by atoms with van der Waals surface area (Å²) in [6, 6.07) is 6.12. The standard InChI is InChI=1S/C13H7BrF2OS2/c14-6-1-2-7(15)11(12(6)16)13(17)10-5-9-8(19-10)3-4-18-9/h1-5,13,17H. The van der Waals surface area contributed by atoms with E-state index in [-0.39, 0.29) is 10.0 Å². The summed E-state index contributed by atoms with van der Waals surface area (Å²) in [5.41, 5.74) is -0.316. The van der Waals surface area contributed by atoms with Crippen LogP contribution in [0.1, 0.15) is 16.5 Å². The molecule has 3 aromatic rings. The van der Waals surface area contributed by atoms with Gasteiger partial charge < -0.3 is 5.11 Å². The second-order valence-electron chi connectivity index (χ2n) is 3.96. The summed E-state index contributed by atoms with van der Waals surface area (Å²) >= 11 is 5.88. The van der Waals surface area contributed by atoms with E-state index in [0.29, 0.717) is 4.88 Å². The molecule has 0 saturated carbocycles. The Bertz CT molecular complexity index is 722. The Morgan fingerprint density at radius 1 is 1.16 bits per heavy atom. The number of aliphatic hydroxyl groups excluding tert-OH is 1. The average molecular weight is 361 g/mol. The Balaban J connectivity index is 2.11. The smallest absolute Gasteiger partial charge is 0.146 e. The molecule has 0 saturated heterocycles. The molecule has 1 aromatic carbocycles. The quantitative estimate of drug-likeness (QED) is 0.631. The molecule has 2 aromatic heterocycles. The number of hydrogen-bond acceptors (Lipinski definition) is 3. The molecule has 1 unspecified atom stereocenters. The molecular formula is C13H7BrF2OS2. The third-order valence-electron chi connectivity index (χ3n) is 2.78. The molecule has 6 heteroatoms. The van der Waals surface area contributed by atoms with E-state index in [0.717, 1.165) is 15.5 Å². The molecule has 1 N–H and O–H groups in total. The first kappa shape index (κ1) is 13.2. The maximum Gasteiger partial charge on any atom is 0.146 e. The number of fused-ring (bicyclic) bond motifs is 1. The lowest BCUT2D eigenvalue weighted by Crippen LogP contribution is -2.04. The molecule has 0 spiro atoms. The van der Waals surface area contributed by atoms with E-state index in [1.807, 2.05) is 11.4 Å². The van der Waals surface area contributed by atoms with Gasteiger partial charge in [0.1, 0.15) is 17.7 Å². The van der Waals surface area contributed by atoms with Crippen molar-refractivity contribution < 1.29 is 13.9 Å². The van der Waals surface area contributed by atoms with Gasteiger partial charge >= 0.3 is 0 Å². The van der Waals surface area contributed by atoms with Crippen molar-refractivity contribution in [3.05, 3.63) is 56.2 Å². The van der Waals surface area contributed by atoms with E-state index >= 15 is 0 Å². The van der Waals surface area contributed by atoms with E-state index in [4.69, 9.17) is 0 Å². The molecule has 19 heavy (non-hydrogen) atoms. The van der Waals surface area contributed by atoms with Crippen LogP contribution in [0.25, 0.3) is 9.40 Å². The van der Waals surface area contributed by atoms with Crippen molar-refractivity contribution in [1.29, 1.82) is 0 Å². The number of halogens is 3. The minimum Gasteiger partial charge on any atom is -0.383 e. The highest BCUT2D eigenvalue weighted by Gasteiger charge is 2.23. The predicted octanol–water partition coefficient (Wildman–Crippen LogP) is 5.09. The van der Waals surface area contributed by atoms with Crippen LogP contribution in [0.4, 0.5) is 8.78 Å². The number of rotatable bonds is 2. The van der Waals surface area contributed by atoms with Crippen molar-refractivity contribution in [2.24, 2.45) is 0 Å². The van der Waals surface area contributed by atoms with Gasteiger partial charge in [0.15, 0.2) is 0 Å². The summed E-state index contributed by atoms with van der Waals surface area (Å²) in [6.45, 7) is 0. The minimum atomic E-state index is -1.29. The van der Waals surface area contributed by atoms with Gasteiger partial charge in [0.25, 0.3) is 0 Å². The van der Waals surface area contributed by atoms with Crippen LogP contribution >= 0.6 is 38.6 Å². The van der Waals surface area contributed by atoms with Crippen LogP contribution in [0.15, 0.2) is 34.1 Å². The molecule has 3 rings (SSSR count). The lowest BCUT2D eigenvalue weighted by atomic mass is 10.1. The molecule has 1 atom stereocenters. The zero-order valence-electron chi connectivity index (χ0n) is 9.36. The molecule has 0 aliphatic carbocycles. The van der Waals surface area contributed by atoms with Crippen LogP contribution < -0.4 is 0 Å². The second-order valence-corrected chi connectivity index (χ2v) is 6.87. The van der Waals surface area contributed by atoms with Crippen LogP contribution in [0.3, 0.4) is 0 Å². The fourth-order valence-electron chi connectivity index (χ4n) is 1.85. The summed E-state index contributed by atoms with van der Waals surface area (Å²) in [5.74, 6) is -1.51. The maximum atomic E-state index is 13.9. The predicted molar refractivity (Wildman–Crippen MR) is 77.8 cm³/mol. The number of thiophene rings is 2. The topological polar surface area (TPSA) is 20.2 Å². The molecular weight excluding hydrogens is 354 g/mol. The molecule has 0 radical (unpaired) electrons. The molecule has 0 aliphatic heterocycles. The Hall–Kier alpha value is -0.820. The molecule has 0 amide bonds. The minimum absolute atomic E-state index is 0.140. The van der Waals surface area contributed by atoms with Gasteiger partial charge in [-0.05, 0) is 45.6 Å². The molecule has 2 heterocycles. The van der Waals surface area contributed by atoms with Gasteiger partial charge in [0.2, 0.25) is 0 Å². The summed E-state index contributed by atoms with van der Waals surface area (Å²) in [5, 5.41) is 12.2. The van der Waals surface area contributed by atoms with Crippen LogP contribution in [0, 0.1) is 11.6 Å². The third-order valence-corrected chi connectivity index (χ3v) is 5.54. The largest absolute Gasteiger partial charge is 0.383 e. The van der Waals surface area contributed by atoms with Crippen molar-refractivity contribution in [3.8, 4) is 0 Å². The number of aliphatic hydroxyl groups is 1. The summed E-state index contributed by atoms with van der Waals surface area (Å²) in [6.07, 6.45) is -1.29. The molecule has 98 valence electrons. The van der Waals surface area contributed by atoms with Gasteiger partial charge in [-0.3, -0.25) is 0 Å². The molecule has 0 bridgehead atoms. The number of hydrogen-bond donors (Lipinski definition) is 1. The first-order chi connectivity index (χ1) is 9.08. The van der Waals surface area contributed by atoms with Gasteiger partial charge in [-0.25, -0.2) is 8.78 Å². The van der Waals surface area contributed by atoms with Crippen LogP contribution in [-0.2, 0) is 0 Å². The highest BCUT2D eigenvalue weighted by molar-refractivity contribution is 9.10. The van der Waals surface area contributed by atoms with Crippen LogP contribution in [0.5, 0.6) is 0 Å². The van der Waals surface area contributed by atoms with Crippen molar-refractivity contribution >= 4 is 48.0 Å². The zero-order valence-corrected chi connectivity index (χ0v) is 12.6. The molecule has 0 fully saturated rings. The SMILES string of the molecule is OC(c1cc2sccc2s1)c1c(F)ccc(Br)c1F. The van der Waals surface area contributed by atoms with Crippen LogP contribution in [-0.4, -0.2) is 5.11 Å². The molecule has 1 nitrogen and oxygen atoms in total. The van der Waals surface area contributed by atoms with Gasteiger partial charge in [-0.15, -0.1) is 22.7 Å². The van der Waals surface area contributed by atoms with Gasteiger partial charge in [-0.2, -0.15) is 0 Å². The Kier molecular flexibility index (Phi) is 3.42. The zero-order chi connectivity index (χ0) is 13.6. The summed E-state index contributed by atoms with van der Waals surface area (Å²) in [4.78, 5) is 0.540. The monoisotopic (exact) mass is 360 g/mol. The fourth-order valence-corrected chi connectivity index (χ4v) is 4.32. The van der Waals surface area contributed by atoms with Crippen molar-refractivity contribution in [2.45, 2.75) is 6.10 Å². The normalized spacial score (nSPS) is 13.1. The van der Waals surface area contributed by atoms with E-state index in [2.05, 4.69) is 15.9 Å². The third kappa shape index (κ3) is 2.23. The Morgan fingerprint density at radius 2 is 1.95 bits per heavy atom. The first-order valence-electron chi connectivity index (χ1n) is 5.36. The van der Waals surface area contributed by atoms with Gasteiger partial charge in [0, 0.05) is 14.3 Å². The van der Waals surface area contributed by atoms with E-state index in [9.17, 15) is 13.9 Å². The lowest BCUT2D eigenvalue weighted by Gasteiger charge is -2.12. The summed E-state index contributed by atoms with van der Waals surface area (Å²) in [7, 11) is 0.